The van der Waals surface area contributed by atoms with Gasteiger partial charge >= 0.3 is 0 Å². The monoisotopic (exact) mass is 286 g/mol. The first kappa shape index (κ1) is 15.9. The van der Waals surface area contributed by atoms with Gasteiger partial charge in [0.05, 0.1) is 11.8 Å². The first-order valence-corrected chi connectivity index (χ1v) is 7.85. The molecule has 0 aromatic heterocycles. The predicted molar refractivity (Wildman–Crippen MR) is 76.9 cm³/mol. The lowest BCUT2D eigenvalue weighted by Gasteiger charge is -2.14. The van der Waals surface area contributed by atoms with Crippen molar-refractivity contribution in [3.63, 3.8) is 0 Å². The van der Waals surface area contributed by atoms with Gasteiger partial charge in [0.1, 0.15) is 4.90 Å². The number of methoxy groups -OCH3 is 1. The van der Waals surface area contributed by atoms with Gasteiger partial charge in [-0.1, -0.05) is 19.1 Å². The van der Waals surface area contributed by atoms with Crippen molar-refractivity contribution in [1.82, 2.24) is 4.72 Å². The highest BCUT2D eigenvalue weighted by Crippen LogP contribution is 2.20. The number of sulfonamides is 1. The maximum Gasteiger partial charge on any atom is 0.242 e. The summed E-state index contributed by atoms with van der Waals surface area (Å²) in [6, 6.07) is 6.89. The summed E-state index contributed by atoms with van der Waals surface area (Å²) in [7, 11) is -1.97. The minimum atomic E-state index is -3.52. The summed E-state index contributed by atoms with van der Waals surface area (Å²) in [4.78, 5) is 0.270. The number of rotatable bonds is 8. The maximum absolute atomic E-state index is 12.2. The molecule has 1 aromatic carbocycles. The van der Waals surface area contributed by atoms with E-state index in [-0.39, 0.29) is 17.5 Å². The summed E-state index contributed by atoms with van der Waals surface area (Å²) in [5.41, 5.74) is 0.627. The van der Waals surface area contributed by atoms with Gasteiger partial charge < -0.3 is 10.1 Å². The number of nitrogens with one attached hydrogen (secondary N) is 2. The molecule has 0 saturated carbocycles. The zero-order valence-corrected chi connectivity index (χ0v) is 12.5. The van der Waals surface area contributed by atoms with Crippen molar-refractivity contribution >= 4 is 15.7 Å². The SMILES string of the molecule is CCCNc1ccccc1S(=O)(=O)NCC(C)OC. The van der Waals surface area contributed by atoms with Crippen LogP contribution in [-0.2, 0) is 14.8 Å². The van der Waals surface area contributed by atoms with Crippen LogP contribution in [0.1, 0.15) is 20.3 Å². The van der Waals surface area contributed by atoms with Gasteiger partial charge in [0.15, 0.2) is 0 Å². The van der Waals surface area contributed by atoms with E-state index in [9.17, 15) is 8.42 Å². The third kappa shape index (κ3) is 4.81. The number of hydrogen-bond donors (Lipinski definition) is 2. The third-order valence-corrected chi connectivity index (χ3v) is 4.19. The fourth-order valence-corrected chi connectivity index (χ4v) is 2.79. The van der Waals surface area contributed by atoms with Crippen molar-refractivity contribution in [2.75, 3.05) is 25.5 Å². The fourth-order valence-electron chi connectivity index (χ4n) is 1.49. The lowest BCUT2D eigenvalue weighted by molar-refractivity contribution is 0.122. The molecule has 0 saturated heterocycles. The average Bonchev–Trinajstić information content (AvgIpc) is 2.42. The van der Waals surface area contributed by atoms with E-state index < -0.39 is 10.0 Å². The Morgan fingerprint density at radius 2 is 2.00 bits per heavy atom. The molecule has 0 spiro atoms. The van der Waals surface area contributed by atoms with E-state index in [0.29, 0.717) is 5.69 Å². The zero-order valence-electron chi connectivity index (χ0n) is 11.6. The Balaban J connectivity index is 2.88. The first-order valence-electron chi connectivity index (χ1n) is 6.36. The van der Waals surface area contributed by atoms with Crippen molar-refractivity contribution in [2.24, 2.45) is 0 Å². The smallest absolute Gasteiger partial charge is 0.242 e. The Kier molecular flexibility index (Phi) is 6.27. The second-order valence-electron chi connectivity index (χ2n) is 4.32. The van der Waals surface area contributed by atoms with Crippen LogP contribution in [0.5, 0.6) is 0 Å². The number of hydrogen-bond acceptors (Lipinski definition) is 4. The van der Waals surface area contributed by atoms with Gasteiger partial charge in [-0.2, -0.15) is 0 Å². The summed E-state index contributed by atoms with van der Waals surface area (Å²) in [5, 5.41) is 3.12. The Morgan fingerprint density at radius 1 is 1.32 bits per heavy atom. The minimum Gasteiger partial charge on any atom is -0.384 e. The molecule has 2 N–H and O–H groups in total. The quantitative estimate of drug-likeness (QED) is 0.765. The second-order valence-corrected chi connectivity index (χ2v) is 6.06. The molecule has 0 radical (unpaired) electrons. The first-order chi connectivity index (χ1) is 9.01. The molecule has 0 fully saturated rings. The van der Waals surface area contributed by atoms with E-state index in [1.54, 1.807) is 25.3 Å². The second kappa shape index (κ2) is 7.47. The van der Waals surface area contributed by atoms with Crippen molar-refractivity contribution in [3.05, 3.63) is 24.3 Å². The van der Waals surface area contributed by atoms with E-state index in [1.165, 1.54) is 0 Å². The number of anilines is 1. The van der Waals surface area contributed by atoms with Gasteiger partial charge in [-0.3, -0.25) is 0 Å². The Hall–Kier alpha value is -1.11. The molecule has 0 heterocycles. The molecule has 1 aromatic rings. The van der Waals surface area contributed by atoms with E-state index in [1.807, 2.05) is 19.9 Å². The van der Waals surface area contributed by atoms with Gasteiger partial charge in [-0.15, -0.1) is 0 Å². The van der Waals surface area contributed by atoms with Crippen molar-refractivity contribution in [2.45, 2.75) is 31.3 Å². The molecule has 0 aliphatic heterocycles. The summed E-state index contributed by atoms with van der Waals surface area (Å²) in [5.74, 6) is 0. The molecule has 1 rings (SSSR count). The highest BCUT2D eigenvalue weighted by Gasteiger charge is 2.18. The highest BCUT2D eigenvalue weighted by molar-refractivity contribution is 7.89. The van der Waals surface area contributed by atoms with Crippen LogP contribution in [0.3, 0.4) is 0 Å². The standard InChI is InChI=1S/C13H22N2O3S/c1-4-9-14-12-7-5-6-8-13(12)19(16,17)15-10-11(2)18-3/h5-8,11,14-15H,4,9-10H2,1-3H3. The molecule has 1 atom stereocenters. The molecule has 0 bridgehead atoms. The van der Waals surface area contributed by atoms with Gasteiger partial charge in [-0.05, 0) is 25.5 Å². The average molecular weight is 286 g/mol. The Labute approximate surface area is 115 Å². The summed E-state index contributed by atoms with van der Waals surface area (Å²) in [6.45, 7) is 4.83. The molecule has 5 nitrogen and oxygen atoms in total. The lowest BCUT2D eigenvalue weighted by Crippen LogP contribution is -2.32. The van der Waals surface area contributed by atoms with Crippen LogP contribution in [-0.4, -0.2) is 34.7 Å². The van der Waals surface area contributed by atoms with E-state index in [2.05, 4.69) is 10.0 Å². The van der Waals surface area contributed by atoms with Crippen molar-refractivity contribution < 1.29 is 13.2 Å². The van der Waals surface area contributed by atoms with Crippen molar-refractivity contribution in [1.29, 1.82) is 0 Å². The minimum absolute atomic E-state index is 0.162. The van der Waals surface area contributed by atoms with Crippen LogP contribution in [0.15, 0.2) is 29.2 Å². The summed E-state index contributed by atoms with van der Waals surface area (Å²) >= 11 is 0. The highest BCUT2D eigenvalue weighted by atomic mass is 32.2. The molecule has 0 aliphatic carbocycles. The normalized spacial score (nSPS) is 13.2. The molecule has 6 heteroatoms. The molecule has 1 unspecified atom stereocenters. The van der Waals surface area contributed by atoms with Crippen LogP contribution < -0.4 is 10.0 Å². The van der Waals surface area contributed by atoms with Crippen molar-refractivity contribution in [3.8, 4) is 0 Å². The number of para-hydroxylation sites is 1. The molecular weight excluding hydrogens is 264 g/mol. The van der Waals surface area contributed by atoms with Crippen LogP contribution in [0.25, 0.3) is 0 Å². The van der Waals surface area contributed by atoms with Gasteiger partial charge in [0.2, 0.25) is 10.0 Å². The third-order valence-electron chi connectivity index (χ3n) is 2.71. The van der Waals surface area contributed by atoms with Gasteiger partial charge in [0, 0.05) is 20.2 Å². The molecule has 108 valence electrons. The molecule has 0 amide bonds. The topological polar surface area (TPSA) is 67.4 Å². The molecule has 0 aliphatic rings. The predicted octanol–water partition coefficient (Wildman–Crippen LogP) is 1.82. The zero-order chi connectivity index (χ0) is 14.3. The molecule has 19 heavy (non-hydrogen) atoms. The van der Waals surface area contributed by atoms with Crippen LogP contribution in [0.2, 0.25) is 0 Å². The lowest BCUT2D eigenvalue weighted by atomic mass is 10.3. The summed E-state index contributed by atoms with van der Waals surface area (Å²) < 4.78 is 32.0. The molecular formula is C13H22N2O3S. The Bertz CT molecular complexity index is 488. The van der Waals surface area contributed by atoms with Crippen LogP contribution in [0, 0.1) is 0 Å². The van der Waals surface area contributed by atoms with Crippen LogP contribution in [0.4, 0.5) is 5.69 Å². The van der Waals surface area contributed by atoms with E-state index in [0.717, 1.165) is 13.0 Å². The largest absolute Gasteiger partial charge is 0.384 e. The van der Waals surface area contributed by atoms with Gasteiger partial charge in [-0.25, -0.2) is 13.1 Å². The fraction of sp³-hybridized carbons (Fsp3) is 0.538. The number of benzene rings is 1. The van der Waals surface area contributed by atoms with Gasteiger partial charge in [0.25, 0.3) is 0 Å². The summed E-state index contributed by atoms with van der Waals surface area (Å²) in [6.07, 6.45) is 0.772. The maximum atomic E-state index is 12.2. The Morgan fingerprint density at radius 3 is 2.63 bits per heavy atom. The van der Waals surface area contributed by atoms with E-state index >= 15 is 0 Å². The number of ether oxygens (including phenoxy) is 1. The van der Waals surface area contributed by atoms with E-state index in [4.69, 9.17) is 4.74 Å². The van der Waals surface area contributed by atoms with Crippen LogP contribution >= 0.6 is 0 Å².